The van der Waals surface area contributed by atoms with Crippen LogP contribution in [0.1, 0.15) is 41.0 Å². The Hall–Kier alpha value is -0.610. The topological polar surface area (TPSA) is 41.6 Å². The number of carbonyl (C=O) groups excluding carboxylic acids is 1. The number of ether oxygens (including phenoxy) is 1. The van der Waals surface area contributed by atoms with Crippen molar-refractivity contribution < 1.29 is 9.53 Å². The molecular formula is C15H28N2O2. The Kier molecular flexibility index (Phi) is 4.21. The number of carbonyl (C=O) groups is 1. The van der Waals surface area contributed by atoms with Crippen molar-refractivity contribution in [3.05, 3.63) is 0 Å². The van der Waals surface area contributed by atoms with Crippen LogP contribution < -0.4 is 5.32 Å². The smallest absolute Gasteiger partial charge is 0.239 e. The van der Waals surface area contributed by atoms with Gasteiger partial charge in [-0.05, 0) is 27.2 Å². The number of likely N-dealkylation sites (N-methyl/N-ethyl adjacent to an activating group) is 1. The summed E-state index contributed by atoms with van der Waals surface area (Å²) in [4.78, 5) is 14.2. The number of hydrogen-bond acceptors (Lipinski definition) is 3. The van der Waals surface area contributed by atoms with Crippen LogP contribution in [0.5, 0.6) is 0 Å². The monoisotopic (exact) mass is 268 g/mol. The molecule has 2 aliphatic rings. The summed E-state index contributed by atoms with van der Waals surface area (Å²) in [7, 11) is 0. The van der Waals surface area contributed by atoms with E-state index >= 15 is 0 Å². The average Bonchev–Trinajstić information content (AvgIpc) is 2.83. The summed E-state index contributed by atoms with van der Waals surface area (Å²) in [6.45, 7) is 13.0. The fourth-order valence-electron chi connectivity index (χ4n) is 3.81. The van der Waals surface area contributed by atoms with E-state index in [1.54, 1.807) is 0 Å². The normalized spacial score (nSPS) is 33.4. The van der Waals surface area contributed by atoms with Crippen LogP contribution in [0, 0.1) is 11.3 Å². The van der Waals surface area contributed by atoms with Crippen molar-refractivity contribution in [1.29, 1.82) is 0 Å². The highest BCUT2D eigenvalue weighted by Crippen LogP contribution is 2.52. The Bertz CT molecular complexity index is 339. The Labute approximate surface area is 116 Å². The molecule has 1 saturated heterocycles. The summed E-state index contributed by atoms with van der Waals surface area (Å²) in [6.07, 6.45) is 1.50. The molecule has 2 fully saturated rings. The first-order chi connectivity index (χ1) is 8.93. The Balaban J connectivity index is 1.95. The highest BCUT2D eigenvalue weighted by atomic mass is 16.5. The molecule has 4 unspecified atom stereocenters. The van der Waals surface area contributed by atoms with Crippen molar-refractivity contribution in [2.24, 2.45) is 11.3 Å². The van der Waals surface area contributed by atoms with E-state index in [1.807, 2.05) is 25.7 Å². The van der Waals surface area contributed by atoms with E-state index in [0.29, 0.717) is 18.1 Å². The van der Waals surface area contributed by atoms with Gasteiger partial charge < -0.3 is 15.0 Å². The molecule has 1 aliphatic carbocycles. The fraction of sp³-hybridized carbons (Fsp3) is 0.933. The molecule has 19 heavy (non-hydrogen) atoms. The van der Waals surface area contributed by atoms with E-state index < -0.39 is 0 Å². The molecule has 0 aromatic carbocycles. The van der Waals surface area contributed by atoms with Gasteiger partial charge in [0.15, 0.2) is 0 Å². The molecule has 1 aliphatic heterocycles. The van der Waals surface area contributed by atoms with Gasteiger partial charge in [-0.25, -0.2) is 0 Å². The highest BCUT2D eigenvalue weighted by Gasteiger charge is 2.59. The van der Waals surface area contributed by atoms with Gasteiger partial charge in [0.05, 0.1) is 12.1 Å². The molecule has 0 radical (unpaired) electrons. The first-order valence-electron chi connectivity index (χ1n) is 7.59. The van der Waals surface area contributed by atoms with Crippen LogP contribution in [0.4, 0.5) is 0 Å². The molecule has 4 nitrogen and oxygen atoms in total. The maximum atomic E-state index is 12.3. The minimum absolute atomic E-state index is 0.106. The molecule has 0 bridgehead atoms. The van der Waals surface area contributed by atoms with Crippen molar-refractivity contribution in [3.8, 4) is 0 Å². The van der Waals surface area contributed by atoms with Crippen LogP contribution in [0.3, 0.4) is 0 Å². The number of hydrogen-bond donors (Lipinski definition) is 1. The SMILES string of the molecule is CCN(CC)C(=O)C(C)NC1C2CCOC2C1(C)C. The van der Waals surface area contributed by atoms with Gasteiger partial charge in [-0.1, -0.05) is 13.8 Å². The van der Waals surface area contributed by atoms with E-state index in [0.717, 1.165) is 26.1 Å². The molecular weight excluding hydrogens is 240 g/mol. The summed E-state index contributed by atoms with van der Waals surface area (Å²) < 4.78 is 5.79. The van der Waals surface area contributed by atoms with Gasteiger partial charge in [0.1, 0.15) is 0 Å². The second-order valence-corrected chi connectivity index (χ2v) is 6.44. The van der Waals surface area contributed by atoms with Crippen LogP contribution in [-0.4, -0.2) is 48.7 Å². The summed E-state index contributed by atoms with van der Waals surface area (Å²) in [5.74, 6) is 0.796. The van der Waals surface area contributed by atoms with Crippen LogP contribution >= 0.6 is 0 Å². The second kappa shape index (κ2) is 5.41. The molecule has 1 saturated carbocycles. The first-order valence-corrected chi connectivity index (χ1v) is 7.59. The zero-order valence-corrected chi connectivity index (χ0v) is 12.9. The minimum atomic E-state index is -0.106. The molecule has 0 aromatic heterocycles. The Morgan fingerprint density at radius 1 is 1.42 bits per heavy atom. The second-order valence-electron chi connectivity index (χ2n) is 6.44. The van der Waals surface area contributed by atoms with Crippen LogP contribution in [0.25, 0.3) is 0 Å². The van der Waals surface area contributed by atoms with Crippen molar-refractivity contribution in [3.63, 3.8) is 0 Å². The Morgan fingerprint density at radius 2 is 2.05 bits per heavy atom. The van der Waals surface area contributed by atoms with E-state index in [2.05, 4.69) is 19.2 Å². The number of nitrogens with one attached hydrogen (secondary N) is 1. The predicted octanol–water partition coefficient (Wildman–Crippen LogP) is 1.65. The minimum Gasteiger partial charge on any atom is -0.377 e. The third kappa shape index (κ3) is 2.40. The van der Waals surface area contributed by atoms with Crippen LogP contribution in [0.2, 0.25) is 0 Å². The van der Waals surface area contributed by atoms with Crippen molar-refractivity contribution >= 4 is 5.91 Å². The lowest BCUT2D eigenvalue weighted by atomic mass is 9.57. The largest absolute Gasteiger partial charge is 0.377 e. The van der Waals surface area contributed by atoms with Gasteiger partial charge in [0.25, 0.3) is 0 Å². The molecule has 110 valence electrons. The van der Waals surface area contributed by atoms with Gasteiger partial charge in [0, 0.05) is 37.1 Å². The van der Waals surface area contributed by atoms with Crippen molar-refractivity contribution in [2.75, 3.05) is 19.7 Å². The standard InChI is InChI=1S/C15H28N2O2/c1-6-17(7-2)14(18)10(3)16-12-11-8-9-19-13(11)15(12,4)5/h10-13,16H,6-9H2,1-5H3. The lowest BCUT2D eigenvalue weighted by Crippen LogP contribution is -2.68. The molecule has 2 rings (SSSR count). The van der Waals surface area contributed by atoms with E-state index in [-0.39, 0.29) is 17.4 Å². The van der Waals surface area contributed by atoms with Crippen molar-refractivity contribution in [1.82, 2.24) is 10.2 Å². The van der Waals surface area contributed by atoms with Crippen LogP contribution in [0.15, 0.2) is 0 Å². The molecule has 4 atom stereocenters. The summed E-state index contributed by atoms with van der Waals surface area (Å²) in [5.41, 5.74) is 0.138. The summed E-state index contributed by atoms with van der Waals surface area (Å²) >= 11 is 0. The summed E-state index contributed by atoms with van der Waals surface area (Å²) in [6, 6.07) is 0.292. The lowest BCUT2D eigenvalue weighted by Gasteiger charge is -2.55. The fourth-order valence-corrected chi connectivity index (χ4v) is 3.81. The van der Waals surface area contributed by atoms with Gasteiger partial charge in [-0.15, -0.1) is 0 Å². The number of nitrogens with zero attached hydrogens (tertiary/aromatic N) is 1. The predicted molar refractivity (Wildman–Crippen MR) is 75.9 cm³/mol. The maximum absolute atomic E-state index is 12.3. The molecule has 0 aromatic rings. The van der Waals surface area contributed by atoms with Crippen LogP contribution in [-0.2, 0) is 9.53 Å². The van der Waals surface area contributed by atoms with Gasteiger partial charge >= 0.3 is 0 Å². The molecule has 0 spiro atoms. The first kappa shape index (κ1) is 14.8. The third-order valence-electron chi connectivity index (χ3n) is 4.98. The Morgan fingerprint density at radius 3 is 2.63 bits per heavy atom. The van der Waals surface area contributed by atoms with E-state index in [4.69, 9.17) is 4.74 Å². The number of rotatable bonds is 5. The molecule has 1 amide bonds. The molecule has 4 heteroatoms. The number of amides is 1. The molecule has 1 N–H and O–H groups in total. The quantitative estimate of drug-likeness (QED) is 0.824. The zero-order chi connectivity index (χ0) is 14.2. The highest BCUT2D eigenvalue weighted by molar-refractivity contribution is 5.81. The van der Waals surface area contributed by atoms with Gasteiger partial charge in [0.2, 0.25) is 5.91 Å². The maximum Gasteiger partial charge on any atom is 0.239 e. The van der Waals surface area contributed by atoms with Crippen molar-refractivity contribution in [2.45, 2.75) is 59.2 Å². The summed E-state index contributed by atoms with van der Waals surface area (Å²) in [5, 5.41) is 3.56. The molecule has 1 heterocycles. The van der Waals surface area contributed by atoms with Gasteiger partial charge in [-0.2, -0.15) is 0 Å². The zero-order valence-electron chi connectivity index (χ0n) is 12.9. The van der Waals surface area contributed by atoms with Gasteiger partial charge in [-0.3, -0.25) is 4.79 Å². The average molecular weight is 268 g/mol. The third-order valence-corrected chi connectivity index (χ3v) is 4.98. The number of fused-ring (bicyclic) bond motifs is 1. The van der Waals surface area contributed by atoms with E-state index in [1.165, 1.54) is 0 Å². The van der Waals surface area contributed by atoms with E-state index in [9.17, 15) is 4.79 Å². The lowest BCUT2D eigenvalue weighted by molar-refractivity contribution is -0.138.